The van der Waals surface area contributed by atoms with E-state index < -0.39 is 5.97 Å². The maximum absolute atomic E-state index is 12.6. The van der Waals surface area contributed by atoms with Gasteiger partial charge in [-0.15, -0.1) is 0 Å². The van der Waals surface area contributed by atoms with Gasteiger partial charge in [-0.2, -0.15) is 0 Å². The maximum atomic E-state index is 12.6. The predicted octanol–water partition coefficient (Wildman–Crippen LogP) is 3.84. The molecule has 3 heterocycles. The van der Waals surface area contributed by atoms with Gasteiger partial charge in [0.1, 0.15) is 11.5 Å². The van der Waals surface area contributed by atoms with Crippen molar-refractivity contribution >= 4 is 17.8 Å². The van der Waals surface area contributed by atoms with E-state index in [1.807, 2.05) is 0 Å². The lowest BCUT2D eigenvalue weighted by Crippen LogP contribution is -2.07. The van der Waals surface area contributed by atoms with Crippen LogP contribution in [0.2, 0.25) is 0 Å². The third-order valence-electron chi connectivity index (χ3n) is 4.27. The Morgan fingerprint density at radius 3 is 2.75 bits per heavy atom. The second-order valence-corrected chi connectivity index (χ2v) is 6.08. The highest BCUT2D eigenvalue weighted by molar-refractivity contribution is 6.14. The normalized spacial score (nSPS) is 15.4. The summed E-state index contributed by atoms with van der Waals surface area (Å²) < 4.78 is 26.6. The molecule has 0 saturated carbocycles. The number of carbonyl (C=O) groups is 2. The summed E-state index contributed by atoms with van der Waals surface area (Å²) in [5.41, 5.74) is 1.13. The van der Waals surface area contributed by atoms with Crippen LogP contribution in [0.15, 0.2) is 65.0 Å². The van der Waals surface area contributed by atoms with Crippen molar-refractivity contribution in [2.45, 2.75) is 0 Å². The van der Waals surface area contributed by atoms with Crippen LogP contribution in [0.5, 0.6) is 23.0 Å². The van der Waals surface area contributed by atoms with E-state index in [2.05, 4.69) is 0 Å². The molecule has 0 radical (unpaired) electrons. The summed E-state index contributed by atoms with van der Waals surface area (Å²) in [4.78, 5) is 24.6. The number of hydrogen-bond donors (Lipinski definition) is 0. The molecule has 138 valence electrons. The Kier molecular flexibility index (Phi) is 3.65. The minimum Gasteiger partial charge on any atom is -0.457 e. The highest BCUT2D eigenvalue weighted by atomic mass is 16.7. The largest absolute Gasteiger partial charge is 0.457 e. The first kappa shape index (κ1) is 16.2. The third-order valence-corrected chi connectivity index (χ3v) is 4.27. The molecule has 5 rings (SSSR count). The number of ketones is 1. The summed E-state index contributed by atoms with van der Waals surface area (Å²) in [6, 6.07) is 13.0. The zero-order chi connectivity index (χ0) is 19.1. The second-order valence-electron chi connectivity index (χ2n) is 6.08. The van der Waals surface area contributed by atoms with Gasteiger partial charge in [0.05, 0.1) is 11.8 Å². The molecule has 2 aromatic carbocycles. The molecule has 0 fully saturated rings. The lowest BCUT2D eigenvalue weighted by Gasteiger charge is -2.04. The van der Waals surface area contributed by atoms with Crippen LogP contribution in [0.4, 0.5) is 0 Å². The average Bonchev–Trinajstić information content (AvgIpc) is 3.43. The number of rotatable bonds is 3. The second kappa shape index (κ2) is 6.31. The Bertz CT molecular complexity index is 1130. The smallest absolute Gasteiger partial charge is 0.379 e. The third kappa shape index (κ3) is 2.79. The van der Waals surface area contributed by atoms with Crippen molar-refractivity contribution in [2.75, 3.05) is 6.79 Å². The number of hydrogen-bond acceptors (Lipinski definition) is 7. The molecule has 0 amide bonds. The minimum absolute atomic E-state index is 0.0842. The van der Waals surface area contributed by atoms with Crippen LogP contribution >= 0.6 is 0 Å². The summed E-state index contributed by atoms with van der Waals surface area (Å²) in [6.07, 6.45) is 3.01. The standard InChI is InChI=1S/C21H12O7/c22-20-14-5-4-13(27-21(23)16-2-1-7-24-16)10-17(14)28-19(20)9-12-3-6-15-18(8-12)26-11-25-15/h1-10H,11H2. The van der Waals surface area contributed by atoms with E-state index in [1.165, 1.54) is 24.5 Å². The summed E-state index contributed by atoms with van der Waals surface area (Å²) in [6.45, 7) is 0.176. The van der Waals surface area contributed by atoms with E-state index in [4.69, 9.17) is 23.4 Å². The SMILES string of the molecule is O=C(Oc1ccc2c(c1)OC(=Cc1ccc3c(c1)OCO3)C2=O)c1ccco1. The zero-order valence-corrected chi connectivity index (χ0v) is 14.3. The number of furan rings is 1. The number of benzene rings is 2. The molecule has 2 aliphatic heterocycles. The Hall–Kier alpha value is -4.00. The fraction of sp³-hybridized carbons (Fsp3) is 0.0476. The summed E-state index contributed by atoms with van der Waals surface area (Å²) >= 11 is 0. The van der Waals surface area contributed by atoms with Crippen molar-refractivity contribution in [3.8, 4) is 23.0 Å². The van der Waals surface area contributed by atoms with E-state index in [-0.39, 0.29) is 29.8 Å². The lowest BCUT2D eigenvalue weighted by atomic mass is 10.1. The molecule has 0 spiro atoms. The number of ether oxygens (including phenoxy) is 4. The Morgan fingerprint density at radius 2 is 1.89 bits per heavy atom. The quantitative estimate of drug-likeness (QED) is 0.390. The highest BCUT2D eigenvalue weighted by Crippen LogP contribution is 2.37. The fourth-order valence-electron chi connectivity index (χ4n) is 2.94. The van der Waals surface area contributed by atoms with Crippen LogP contribution in [0.25, 0.3) is 6.08 Å². The molecule has 0 saturated heterocycles. The monoisotopic (exact) mass is 376 g/mol. The summed E-state index contributed by atoms with van der Waals surface area (Å²) in [5, 5.41) is 0. The van der Waals surface area contributed by atoms with Gasteiger partial charge in [-0.1, -0.05) is 6.07 Å². The molecule has 0 unspecified atom stereocenters. The van der Waals surface area contributed by atoms with Crippen LogP contribution in [0.1, 0.15) is 26.5 Å². The van der Waals surface area contributed by atoms with Crippen molar-refractivity contribution in [1.82, 2.24) is 0 Å². The van der Waals surface area contributed by atoms with Crippen LogP contribution in [-0.4, -0.2) is 18.5 Å². The molecule has 3 aromatic rings. The molecule has 1 aromatic heterocycles. The zero-order valence-electron chi connectivity index (χ0n) is 14.3. The molecule has 2 aliphatic rings. The molecule has 7 heteroatoms. The van der Waals surface area contributed by atoms with Gasteiger partial charge in [-0.05, 0) is 48.0 Å². The van der Waals surface area contributed by atoms with Crippen LogP contribution in [0, 0.1) is 0 Å². The van der Waals surface area contributed by atoms with Crippen LogP contribution in [0.3, 0.4) is 0 Å². The Labute approximate surface area is 158 Å². The van der Waals surface area contributed by atoms with Gasteiger partial charge in [0, 0.05) is 6.07 Å². The summed E-state index contributed by atoms with van der Waals surface area (Å²) in [5.74, 6) is 1.21. The molecule has 0 N–H and O–H groups in total. The van der Waals surface area contributed by atoms with Crippen molar-refractivity contribution in [3.05, 3.63) is 77.4 Å². The van der Waals surface area contributed by atoms with E-state index in [0.29, 0.717) is 22.8 Å². The predicted molar refractivity (Wildman–Crippen MR) is 95.6 cm³/mol. The Morgan fingerprint density at radius 1 is 1.00 bits per heavy atom. The maximum Gasteiger partial charge on any atom is 0.379 e. The number of allylic oxidation sites excluding steroid dienone is 1. The van der Waals surface area contributed by atoms with E-state index in [9.17, 15) is 9.59 Å². The summed E-state index contributed by atoms with van der Waals surface area (Å²) in [7, 11) is 0. The van der Waals surface area contributed by atoms with Crippen molar-refractivity contribution in [1.29, 1.82) is 0 Å². The van der Waals surface area contributed by atoms with E-state index in [0.717, 1.165) is 5.56 Å². The number of fused-ring (bicyclic) bond motifs is 2. The van der Waals surface area contributed by atoms with E-state index >= 15 is 0 Å². The molecular weight excluding hydrogens is 364 g/mol. The first-order valence-electron chi connectivity index (χ1n) is 8.41. The lowest BCUT2D eigenvalue weighted by molar-refractivity contribution is 0.0701. The molecule has 28 heavy (non-hydrogen) atoms. The van der Waals surface area contributed by atoms with Gasteiger partial charge >= 0.3 is 5.97 Å². The molecule has 0 aliphatic carbocycles. The Balaban J connectivity index is 1.38. The van der Waals surface area contributed by atoms with Gasteiger partial charge in [0.15, 0.2) is 17.3 Å². The molecular formula is C21H12O7. The molecule has 0 bridgehead atoms. The van der Waals surface area contributed by atoms with Crippen molar-refractivity contribution in [2.24, 2.45) is 0 Å². The first-order valence-corrected chi connectivity index (χ1v) is 8.41. The molecule has 7 nitrogen and oxygen atoms in total. The van der Waals surface area contributed by atoms with Gasteiger partial charge in [-0.3, -0.25) is 4.79 Å². The number of esters is 1. The number of Topliss-reactive ketones (excluding diaryl/α,β-unsaturated/α-hetero) is 1. The fourth-order valence-corrected chi connectivity index (χ4v) is 2.94. The van der Waals surface area contributed by atoms with E-state index in [1.54, 1.807) is 36.4 Å². The first-order chi connectivity index (χ1) is 13.7. The number of carbonyl (C=O) groups excluding carboxylic acids is 2. The van der Waals surface area contributed by atoms with Crippen molar-refractivity contribution in [3.63, 3.8) is 0 Å². The average molecular weight is 376 g/mol. The minimum atomic E-state index is -0.634. The van der Waals surface area contributed by atoms with Crippen LogP contribution in [-0.2, 0) is 0 Å². The highest BCUT2D eigenvalue weighted by Gasteiger charge is 2.28. The van der Waals surface area contributed by atoms with Gasteiger partial charge in [0.25, 0.3) is 0 Å². The van der Waals surface area contributed by atoms with Crippen molar-refractivity contribution < 1.29 is 33.0 Å². The van der Waals surface area contributed by atoms with Gasteiger partial charge in [0.2, 0.25) is 18.3 Å². The van der Waals surface area contributed by atoms with Gasteiger partial charge in [-0.25, -0.2) is 4.79 Å². The topological polar surface area (TPSA) is 84.2 Å². The van der Waals surface area contributed by atoms with Gasteiger partial charge < -0.3 is 23.4 Å². The van der Waals surface area contributed by atoms with Crippen LogP contribution < -0.4 is 18.9 Å². The molecule has 0 atom stereocenters.